The molecular weight excluding hydrogens is 807 g/mol. The van der Waals surface area contributed by atoms with Crippen molar-refractivity contribution in [2.24, 2.45) is 0 Å². The van der Waals surface area contributed by atoms with Gasteiger partial charge < -0.3 is 4.90 Å². The molecule has 3 aliphatic rings. The van der Waals surface area contributed by atoms with Crippen LogP contribution in [0.2, 0.25) is 0 Å². The third-order valence-corrected chi connectivity index (χ3v) is 15.3. The van der Waals surface area contributed by atoms with E-state index in [-0.39, 0.29) is 16.2 Å². The molecule has 0 fully saturated rings. The number of hydrogen-bond donors (Lipinski definition) is 0. The van der Waals surface area contributed by atoms with Gasteiger partial charge in [-0.1, -0.05) is 213 Å². The summed E-state index contributed by atoms with van der Waals surface area (Å²) in [5.41, 5.74) is 26.7. The van der Waals surface area contributed by atoms with Crippen LogP contribution < -0.4 is 4.90 Å². The fourth-order valence-electron chi connectivity index (χ4n) is 12.0. The topological polar surface area (TPSA) is 3.24 Å². The molecule has 3 aliphatic carbocycles. The molecule has 0 atom stereocenters. The average molecular weight is 864 g/mol. The maximum Gasteiger partial charge on any atom is 0.0728 e. The van der Waals surface area contributed by atoms with E-state index in [1.807, 2.05) is 0 Å². The molecule has 0 saturated heterocycles. The van der Waals surface area contributed by atoms with Crippen LogP contribution in [-0.2, 0) is 21.7 Å². The van der Waals surface area contributed by atoms with E-state index in [2.05, 4.69) is 260 Å². The molecule has 1 spiro atoms. The second kappa shape index (κ2) is 14.6. The Kier molecular flexibility index (Phi) is 9.01. The van der Waals surface area contributed by atoms with Crippen LogP contribution in [0.4, 0.5) is 17.1 Å². The van der Waals surface area contributed by atoms with Gasteiger partial charge in [0.25, 0.3) is 0 Å². The van der Waals surface area contributed by atoms with E-state index < -0.39 is 5.41 Å². The van der Waals surface area contributed by atoms with Crippen LogP contribution in [0.25, 0.3) is 55.6 Å². The van der Waals surface area contributed by atoms with Gasteiger partial charge in [0.2, 0.25) is 0 Å². The first-order chi connectivity index (χ1) is 32.2. The highest BCUT2D eigenvalue weighted by atomic mass is 15.1. The number of benzene rings is 9. The molecule has 9 aromatic carbocycles. The summed E-state index contributed by atoms with van der Waals surface area (Å²) in [5.74, 6) is 0. The molecule has 1 nitrogen and oxygen atoms in total. The van der Waals surface area contributed by atoms with Crippen LogP contribution in [0.15, 0.2) is 200 Å². The summed E-state index contributed by atoms with van der Waals surface area (Å²) in [5, 5.41) is 0. The largest absolute Gasteiger partial charge is 0.310 e. The number of anilines is 3. The zero-order valence-electron chi connectivity index (χ0n) is 40.0. The van der Waals surface area contributed by atoms with Crippen LogP contribution in [0.5, 0.6) is 0 Å². The summed E-state index contributed by atoms with van der Waals surface area (Å²) >= 11 is 0. The van der Waals surface area contributed by atoms with Gasteiger partial charge >= 0.3 is 0 Å². The van der Waals surface area contributed by atoms with E-state index in [1.54, 1.807) is 0 Å². The molecule has 0 heterocycles. The monoisotopic (exact) mass is 863 g/mol. The van der Waals surface area contributed by atoms with E-state index in [0.29, 0.717) is 0 Å². The van der Waals surface area contributed by atoms with Gasteiger partial charge in [-0.2, -0.15) is 0 Å². The lowest BCUT2D eigenvalue weighted by molar-refractivity contribution is 0.558. The van der Waals surface area contributed by atoms with Crippen molar-refractivity contribution < 1.29 is 0 Å². The van der Waals surface area contributed by atoms with Gasteiger partial charge in [0.1, 0.15) is 0 Å². The van der Waals surface area contributed by atoms with Gasteiger partial charge in [-0.05, 0) is 153 Å². The number of fused-ring (bicyclic) bond motifs is 13. The third kappa shape index (κ3) is 6.13. The second-order valence-electron chi connectivity index (χ2n) is 21.7. The Morgan fingerprint density at radius 2 is 0.821 bits per heavy atom. The molecule has 0 aromatic heterocycles. The van der Waals surface area contributed by atoms with E-state index in [9.17, 15) is 0 Å². The van der Waals surface area contributed by atoms with Crippen LogP contribution >= 0.6 is 0 Å². The quantitative estimate of drug-likeness (QED) is 0.167. The fraction of sp³-hybridized carbons (Fsp3) is 0.182. The molecular formula is C66H57N. The smallest absolute Gasteiger partial charge is 0.0728 e. The lowest BCUT2D eigenvalue weighted by Crippen LogP contribution is -2.30. The minimum Gasteiger partial charge on any atom is -0.310 e. The number of rotatable bonds is 5. The van der Waals surface area contributed by atoms with Gasteiger partial charge in [-0.15, -0.1) is 0 Å². The Hall–Kier alpha value is -7.22. The first kappa shape index (κ1) is 41.2. The van der Waals surface area contributed by atoms with Crippen LogP contribution in [-0.4, -0.2) is 0 Å². The predicted molar refractivity (Wildman–Crippen MR) is 283 cm³/mol. The van der Waals surface area contributed by atoms with Gasteiger partial charge in [-0.3, -0.25) is 0 Å². The molecule has 67 heavy (non-hydrogen) atoms. The highest BCUT2D eigenvalue weighted by Crippen LogP contribution is 2.65. The Labute approximate surface area is 397 Å². The summed E-state index contributed by atoms with van der Waals surface area (Å²) in [6.45, 7) is 19.0. The normalized spacial score (nSPS) is 14.5. The molecule has 0 radical (unpaired) electrons. The Balaban J connectivity index is 1.06. The summed E-state index contributed by atoms with van der Waals surface area (Å²) in [6, 6.07) is 75.9. The maximum absolute atomic E-state index is 2.55. The molecule has 12 rings (SSSR count). The molecule has 0 unspecified atom stereocenters. The third-order valence-electron chi connectivity index (χ3n) is 15.3. The molecule has 0 saturated carbocycles. The van der Waals surface area contributed by atoms with Crippen molar-refractivity contribution in [3.63, 3.8) is 0 Å². The molecule has 0 N–H and O–H groups in total. The van der Waals surface area contributed by atoms with Crippen LogP contribution in [0, 0.1) is 0 Å². The average Bonchev–Trinajstić information content (AvgIpc) is 3.89. The molecule has 0 bridgehead atoms. The lowest BCUT2D eigenvalue weighted by atomic mass is 9.65. The zero-order chi connectivity index (χ0) is 46.0. The highest BCUT2D eigenvalue weighted by Gasteiger charge is 2.54. The minimum atomic E-state index is -0.466. The standard InChI is InChI=1S/C66H57N/c1-63(2,3)46-39-55-54-35-31-45(38-60(54)66(62(55)61(40-46)64(4,5)6)57-27-16-13-24-51(57)52-25-14-17-28-58(52)66)44-21-18-22-48(37-44)67(47-32-29-43(30-33-47)42-19-10-9-11-20-42)49-34-36-53-50-23-12-15-26-56(50)65(7,8)59(53)41-49/h9-41H,1-8H3. The lowest BCUT2D eigenvalue weighted by Gasteiger charge is -2.36. The first-order valence-electron chi connectivity index (χ1n) is 24.1. The summed E-state index contributed by atoms with van der Waals surface area (Å²) < 4.78 is 0. The van der Waals surface area contributed by atoms with E-state index >= 15 is 0 Å². The second-order valence-corrected chi connectivity index (χ2v) is 21.7. The van der Waals surface area contributed by atoms with Crippen molar-refractivity contribution >= 4 is 17.1 Å². The van der Waals surface area contributed by atoms with Crippen molar-refractivity contribution in [1.29, 1.82) is 0 Å². The summed E-state index contributed by atoms with van der Waals surface area (Å²) in [4.78, 5) is 2.45. The van der Waals surface area contributed by atoms with Crippen molar-refractivity contribution in [1.82, 2.24) is 0 Å². The SMILES string of the molecule is CC(C)(C)c1cc2c(c(C(C)(C)C)c1)C1(c3ccccc3-c3ccccc31)c1cc(-c3cccc(N(c4ccc(-c5ccccc5)cc4)c4ccc5c(c4)C(C)(C)c4ccccc4-5)c3)ccc1-2. The van der Waals surface area contributed by atoms with Gasteiger partial charge in [0, 0.05) is 22.5 Å². The summed E-state index contributed by atoms with van der Waals surface area (Å²) in [6.07, 6.45) is 0. The van der Waals surface area contributed by atoms with Crippen LogP contribution in [0.3, 0.4) is 0 Å². The molecule has 0 aliphatic heterocycles. The Morgan fingerprint density at radius 1 is 0.328 bits per heavy atom. The molecule has 9 aromatic rings. The van der Waals surface area contributed by atoms with Gasteiger partial charge in [0.15, 0.2) is 0 Å². The summed E-state index contributed by atoms with van der Waals surface area (Å²) in [7, 11) is 0. The van der Waals surface area contributed by atoms with Crippen molar-refractivity contribution in [2.75, 3.05) is 4.90 Å². The van der Waals surface area contributed by atoms with Crippen molar-refractivity contribution in [3.05, 3.63) is 245 Å². The van der Waals surface area contributed by atoms with E-state index in [4.69, 9.17) is 0 Å². The maximum atomic E-state index is 2.55. The highest BCUT2D eigenvalue weighted by molar-refractivity contribution is 5.97. The molecule has 0 amide bonds. The van der Waals surface area contributed by atoms with E-state index in [0.717, 1.165) is 17.1 Å². The minimum absolute atomic E-state index is 0.0108. The Morgan fingerprint density at radius 3 is 1.48 bits per heavy atom. The van der Waals surface area contributed by atoms with Crippen molar-refractivity contribution in [2.45, 2.75) is 77.0 Å². The van der Waals surface area contributed by atoms with Crippen molar-refractivity contribution in [3.8, 4) is 55.6 Å². The van der Waals surface area contributed by atoms with Crippen LogP contribution in [0.1, 0.15) is 99.9 Å². The number of nitrogens with zero attached hydrogens (tertiary/aromatic N) is 1. The zero-order valence-corrected chi connectivity index (χ0v) is 40.0. The van der Waals surface area contributed by atoms with Gasteiger partial charge in [0.05, 0.1) is 5.41 Å². The first-order valence-corrected chi connectivity index (χ1v) is 24.1. The Bertz CT molecular complexity index is 3400. The fourth-order valence-corrected chi connectivity index (χ4v) is 12.0. The predicted octanol–water partition coefficient (Wildman–Crippen LogP) is 17.7. The van der Waals surface area contributed by atoms with E-state index in [1.165, 1.54) is 100 Å². The van der Waals surface area contributed by atoms with Gasteiger partial charge in [-0.25, -0.2) is 0 Å². The molecule has 326 valence electrons. The molecule has 1 heteroatoms. The number of hydrogen-bond acceptors (Lipinski definition) is 1.